The van der Waals surface area contributed by atoms with Gasteiger partial charge in [0, 0.05) is 5.02 Å². The minimum Gasteiger partial charge on any atom is -0.321 e. The Morgan fingerprint density at radius 2 is 1.94 bits per heavy atom. The summed E-state index contributed by atoms with van der Waals surface area (Å²) in [6, 6.07) is 6.13. The first kappa shape index (κ1) is 13.6. The van der Waals surface area contributed by atoms with Gasteiger partial charge in [0.25, 0.3) is 0 Å². The molecule has 1 aliphatic rings. The maximum Gasteiger partial charge on any atom is 0.0525 e. The SMILES string of the molecule is Cc1ccc(C(N)/C2=C/CCCCCC2)c(Cl)c1. The lowest BCUT2D eigenvalue weighted by Gasteiger charge is -2.20. The highest BCUT2D eigenvalue weighted by atomic mass is 35.5. The number of aryl methyl sites for hydroxylation is 1. The molecule has 2 N–H and O–H groups in total. The summed E-state index contributed by atoms with van der Waals surface area (Å²) in [5, 5.41) is 0.797. The van der Waals surface area contributed by atoms with Gasteiger partial charge in [0.15, 0.2) is 0 Å². The maximum absolute atomic E-state index is 6.39. The van der Waals surface area contributed by atoms with Crippen LogP contribution < -0.4 is 5.73 Å². The monoisotopic (exact) mass is 263 g/mol. The number of hydrogen-bond acceptors (Lipinski definition) is 1. The second-order valence-corrected chi connectivity index (χ2v) is 5.64. The van der Waals surface area contributed by atoms with Gasteiger partial charge in [-0.1, -0.05) is 48.2 Å². The van der Waals surface area contributed by atoms with Gasteiger partial charge in [-0.2, -0.15) is 0 Å². The van der Waals surface area contributed by atoms with Gasteiger partial charge in [-0.25, -0.2) is 0 Å². The Hall–Kier alpha value is -0.790. The Kier molecular flexibility index (Phi) is 4.85. The summed E-state index contributed by atoms with van der Waals surface area (Å²) in [4.78, 5) is 0. The zero-order valence-corrected chi connectivity index (χ0v) is 11.8. The van der Waals surface area contributed by atoms with Crippen molar-refractivity contribution in [3.63, 3.8) is 0 Å². The van der Waals surface area contributed by atoms with Crippen LogP contribution in [0.2, 0.25) is 5.02 Å². The molecule has 1 atom stereocenters. The van der Waals surface area contributed by atoms with Crippen LogP contribution in [0.5, 0.6) is 0 Å². The summed E-state index contributed by atoms with van der Waals surface area (Å²) in [5.41, 5.74) is 10.00. The molecule has 0 saturated carbocycles. The molecule has 1 unspecified atom stereocenters. The number of nitrogens with two attached hydrogens (primary N) is 1. The lowest BCUT2D eigenvalue weighted by atomic mass is 9.91. The van der Waals surface area contributed by atoms with Crippen molar-refractivity contribution in [1.82, 2.24) is 0 Å². The molecule has 0 bridgehead atoms. The van der Waals surface area contributed by atoms with Crippen LogP contribution in [0.15, 0.2) is 29.8 Å². The lowest BCUT2D eigenvalue weighted by molar-refractivity contribution is 0.602. The standard InChI is InChI=1S/C16H22ClN/c1-12-9-10-14(15(17)11-12)16(18)13-7-5-3-2-4-6-8-13/h7,9-11,16H,2-6,8,18H2,1H3/b13-7+. The number of hydrogen-bond donors (Lipinski definition) is 1. The molecular formula is C16H22ClN. The van der Waals surface area contributed by atoms with Crippen LogP contribution in [-0.2, 0) is 0 Å². The highest BCUT2D eigenvalue weighted by Gasteiger charge is 2.15. The quantitative estimate of drug-likeness (QED) is 0.753. The van der Waals surface area contributed by atoms with E-state index in [9.17, 15) is 0 Å². The third-order valence-corrected chi connectivity index (χ3v) is 4.04. The average molecular weight is 264 g/mol. The zero-order valence-electron chi connectivity index (χ0n) is 11.1. The molecule has 2 rings (SSSR count). The van der Waals surface area contributed by atoms with Crippen molar-refractivity contribution in [2.75, 3.05) is 0 Å². The van der Waals surface area contributed by atoms with Gasteiger partial charge in [0.05, 0.1) is 6.04 Å². The van der Waals surface area contributed by atoms with Crippen LogP contribution in [0.1, 0.15) is 55.7 Å². The number of allylic oxidation sites excluding steroid dienone is 1. The van der Waals surface area contributed by atoms with E-state index in [-0.39, 0.29) is 6.04 Å². The largest absolute Gasteiger partial charge is 0.321 e. The summed E-state index contributed by atoms with van der Waals surface area (Å²) >= 11 is 6.31. The predicted molar refractivity (Wildman–Crippen MR) is 78.9 cm³/mol. The van der Waals surface area contributed by atoms with Crippen molar-refractivity contribution < 1.29 is 0 Å². The molecule has 0 spiro atoms. The molecular weight excluding hydrogens is 242 g/mol. The van der Waals surface area contributed by atoms with Gasteiger partial charge in [-0.05, 0) is 49.8 Å². The molecule has 2 heteroatoms. The second kappa shape index (κ2) is 6.40. The number of rotatable bonds is 2. The molecule has 1 nitrogen and oxygen atoms in total. The van der Waals surface area contributed by atoms with E-state index in [2.05, 4.69) is 25.1 Å². The van der Waals surface area contributed by atoms with Crippen molar-refractivity contribution in [2.24, 2.45) is 5.73 Å². The molecule has 0 amide bonds. The fourth-order valence-electron chi connectivity index (χ4n) is 2.58. The minimum absolute atomic E-state index is 0.0313. The van der Waals surface area contributed by atoms with E-state index < -0.39 is 0 Å². The van der Waals surface area contributed by atoms with E-state index in [1.54, 1.807) is 0 Å². The first-order valence-electron chi connectivity index (χ1n) is 6.89. The predicted octanol–water partition coefficient (Wildman–Crippen LogP) is 4.93. The number of benzene rings is 1. The van der Waals surface area contributed by atoms with Gasteiger partial charge >= 0.3 is 0 Å². The van der Waals surface area contributed by atoms with Gasteiger partial charge < -0.3 is 5.73 Å². The van der Waals surface area contributed by atoms with E-state index in [1.165, 1.54) is 36.8 Å². The summed E-state index contributed by atoms with van der Waals surface area (Å²) in [5.74, 6) is 0. The molecule has 0 saturated heterocycles. The Labute approximate surface area is 115 Å². The van der Waals surface area contributed by atoms with Crippen LogP contribution in [-0.4, -0.2) is 0 Å². The minimum atomic E-state index is -0.0313. The van der Waals surface area contributed by atoms with E-state index >= 15 is 0 Å². The molecule has 1 aliphatic carbocycles. The highest BCUT2D eigenvalue weighted by Crippen LogP contribution is 2.31. The molecule has 0 heterocycles. The fraction of sp³-hybridized carbons (Fsp3) is 0.500. The van der Waals surface area contributed by atoms with Gasteiger partial charge in [-0.15, -0.1) is 0 Å². The third-order valence-electron chi connectivity index (χ3n) is 3.72. The normalized spacial score (nSPS) is 21.6. The second-order valence-electron chi connectivity index (χ2n) is 5.23. The van der Waals surface area contributed by atoms with Gasteiger partial charge in [0.2, 0.25) is 0 Å². The Bertz CT molecular complexity index is 437. The molecule has 1 aromatic carbocycles. The lowest BCUT2D eigenvalue weighted by Crippen LogP contribution is -2.14. The maximum atomic E-state index is 6.39. The van der Waals surface area contributed by atoms with Crippen molar-refractivity contribution in [1.29, 1.82) is 0 Å². The molecule has 0 aromatic heterocycles. The Morgan fingerprint density at radius 3 is 2.72 bits per heavy atom. The van der Waals surface area contributed by atoms with Crippen molar-refractivity contribution in [3.8, 4) is 0 Å². The summed E-state index contributed by atoms with van der Waals surface area (Å²) < 4.78 is 0. The first-order valence-corrected chi connectivity index (χ1v) is 7.27. The van der Waals surface area contributed by atoms with Crippen molar-refractivity contribution in [2.45, 2.75) is 51.5 Å². The van der Waals surface area contributed by atoms with E-state index in [4.69, 9.17) is 17.3 Å². The summed E-state index contributed by atoms with van der Waals surface area (Å²) in [6.45, 7) is 2.05. The van der Waals surface area contributed by atoms with Gasteiger partial charge in [-0.3, -0.25) is 0 Å². The first-order chi connectivity index (χ1) is 8.68. The molecule has 1 aromatic rings. The summed E-state index contributed by atoms with van der Waals surface area (Å²) in [6.07, 6.45) is 9.83. The Morgan fingerprint density at radius 1 is 1.17 bits per heavy atom. The number of halogens is 1. The third kappa shape index (κ3) is 3.37. The van der Waals surface area contributed by atoms with Crippen LogP contribution in [0.4, 0.5) is 0 Å². The van der Waals surface area contributed by atoms with Gasteiger partial charge in [0.1, 0.15) is 0 Å². The van der Waals surface area contributed by atoms with Crippen molar-refractivity contribution >= 4 is 11.6 Å². The molecule has 18 heavy (non-hydrogen) atoms. The molecule has 98 valence electrons. The van der Waals surface area contributed by atoms with Crippen LogP contribution in [0.3, 0.4) is 0 Å². The summed E-state index contributed by atoms with van der Waals surface area (Å²) in [7, 11) is 0. The molecule has 0 aliphatic heterocycles. The topological polar surface area (TPSA) is 26.0 Å². The van der Waals surface area contributed by atoms with Crippen LogP contribution >= 0.6 is 11.6 Å². The fourth-order valence-corrected chi connectivity index (χ4v) is 2.94. The molecule has 0 fully saturated rings. The smallest absolute Gasteiger partial charge is 0.0525 e. The molecule has 0 radical (unpaired) electrons. The van der Waals surface area contributed by atoms with Crippen molar-refractivity contribution in [3.05, 3.63) is 46.0 Å². The van der Waals surface area contributed by atoms with Crippen LogP contribution in [0.25, 0.3) is 0 Å². The van der Waals surface area contributed by atoms with Crippen LogP contribution in [0, 0.1) is 6.92 Å². The average Bonchev–Trinajstić information content (AvgIpc) is 2.27. The highest BCUT2D eigenvalue weighted by molar-refractivity contribution is 6.31. The van der Waals surface area contributed by atoms with E-state index in [1.807, 2.05) is 6.07 Å². The van der Waals surface area contributed by atoms with E-state index in [0.717, 1.165) is 23.4 Å². The Balaban J connectivity index is 2.20. The zero-order chi connectivity index (χ0) is 13.0. The van der Waals surface area contributed by atoms with E-state index in [0.29, 0.717) is 0 Å².